The SMILES string of the molecule is COc1ccc(S(=O)(=O)Oc2ccc(C)cc2/C=N\N=C2\NC(=O)[C@@H](C)S2)cc1. The highest BCUT2D eigenvalue weighted by atomic mass is 32.2. The standard InChI is InChI=1S/C19H19N3O5S2/c1-12-4-9-17(27-29(24,25)16-7-5-15(26-3)6-8-16)14(10-12)11-20-22-19-21-18(23)13(2)28-19/h4-11,13H,1-3H3,(H,21,22,23)/b20-11-/t13-/m1/s1. The van der Waals surface area contributed by atoms with Crippen molar-refractivity contribution in [3.8, 4) is 11.5 Å². The number of rotatable bonds is 6. The average Bonchev–Trinajstić information content (AvgIpc) is 3.01. The number of methoxy groups -OCH3 is 1. The van der Waals surface area contributed by atoms with Gasteiger partial charge in [0.05, 0.1) is 18.6 Å². The second kappa shape index (κ2) is 8.66. The molecule has 2 aromatic carbocycles. The van der Waals surface area contributed by atoms with Gasteiger partial charge in [-0.25, -0.2) is 0 Å². The largest absolute Gasteiger partial charge is 0.497 e. The zero-order valence-electron chi connectivity index (χ0n) is 15.9. The third kappa shape index (κ3) is 5.15. The highest BCUT2D eigenvalue weighted by Crippen LogP contribution is 2.25. The van der Waals surface area contributed by atoms with Crippen LogP contribution in [0.2, 0.25) is 0 Å². The normalized spacial score (nSPS) is 18.2. The van der Waals surface area contributed by atoms with Crippen LogP contribution in [0.5, 0.6) is 11.5 Å². The first-order chi connectivity index (χ1) is 13.8. The van der Waals surface area contributed by atoms with E-state index in [0.717, 1.165) is 5.56 Å². The molecule has 0 saturated carbocycles. The zero-order valence-corrected chi connectivity index (χ0v) is 17.6. The lowest BCUT2D eigenvalue weighted by atomic mass is 10.1. The summed E-state index contributed by atoms with van der Waals surface area (Å²) in [5.74, 6) is 0.526. The molecule has 0 aromatic heterocycles. The van der Waals surface area contributed by atoms with E-state index >= 15 is 0 Å². The summed E-state index contributed by atoms with van der Waals surface area (Å²) in [5.41, 5.74) is 1.33. The summed E-state index contributed by atoms with van der Waals surface area (Å²) in [5, 5.41) is 10.7. The molecular weight excluding hydrogens is 414 g/mol. The van der Waals surface area contributed by atoms with E-state index in [1.807, 2.05) is 6.92 Å². The first-order valence-corrected chi connectivity index (χ1v) is 10.8. The predicted octanol–water partition coefficient (Wildman–Crippen LogP) is 2.71. The molecule has 10 heteroatoms. The van der Waals surface area contributed by atoms with Crippen molar-refractivity contribution in [2.45, 2.75) is 24.0 Å². The molecule has 0 unspecified atom stereocenters. The molecule has 1 aliphatic heterocycles. The summed E-state index contributed by atoms with van der Waals surface area (Å²) >= 11 is 1.26. The molecule has 0 radical (unpaired) electrons. The minimum Gasteiger partial charge on any atom is -0.497 e. The summed E-state index contributed by atoms with van der Waals surface area (Å²) < 4.78 is 35.6. The molecule has 152 valence electrons. The van der Waals surface area contributed by atoms with Crippen LogP contribution in [0.4, 0.5) is 0 Å². The van der Waals surface area contributed by atoms with Crippen LogP contribution in [0, 0.1) is 6.92 Å². The van der Waals surface area contributed by atoms with Crippen LogP contribution < -0.4 is 14.2 Å². The third-order valence-electron chi connectivity index (χ3n) is 3.95. The molecule has 8 nitrogen and oxygen atoms in total. The van der Waals surface area contributed by atoms with Gasteiger partial charge in [0, 0.05) is 5.56 Å². The van der Waals surface area contributed by atoms with Crippen LogP contribution in [-0.4, -0.2) is 38.1 Å². The Labute approximate surface area is 173 Å². The van der Waals surface area contributed by atoms with Crippen molar-refractivity contribution in [3.63, 3.8) is 0 Å². The van der Waals surface area contributed by atoms with Gasteiger partial charge in [0.25, 0.3) is 0 Å². The van der Waals surface area contributed by atoms with Crippen molar-refractivity contribution >= 4 is 39.2 Å². The number of amidine groups is 1. The first kappa shape index (κ1) is 20.9. The van der Waals surface area contributed by atoms with Crippen molar-refractivity contribution in [3.05, 3.63) is 53.6 Å². The number of carbonyl (C=O) groups is 1. The van der Waals surface area contributed by atoms with Crippen molar-refractivity contribution in [2.24, 2.45) is 10.2 Å². The molecule has 29 heavy (non-hydrogen) atoms. The number of benzene rings is 2. The Kier molecular flexibility index (Phi) is 6.23. The molecule has 0 bridgehead atoms. The van der Waals surface area contributed by atoms with Crippen molar-refractivity contribution in [2.75, 3.05) is 7.11 Å². The Morgan fingerprint density at radius 2 is 1.90 bits per heavy atom. The zero-order chi connectivity index (χ0) is 21.0. The minimum absolute atomic E-state index is 0.000984. The second-order valence-electron chi connectivity index (χ2n) is 6.15. The van der Waals surface area contributed by atoms with E-state index in [1.165, 1.54) is 37.2 Å². The van der Waals surface area contributed by atoms with E-state index in [-0.39, 0.29) is 21.8 Å². The fourth-order valence-corrected chi connectivity index (χ4v) is 4.11. The van der Waals surface area contributed by atoms with Gasteiger partial charge in [-0.15, -0.1) is 5.10 Å². The van der Waals surface area contributed by atoms with Crippen molar-refractivity contribution < 1.29 is 22.1 Å². The lowest BCUT2D eigenvalue weighted by molar-refractivity contribution is -0.118. The van der Waals surface area contributed by atoms with E-state index in [4.69, 9.17) is 8.92 Å². The van der Waals surface area contributed by atoms with E-state index < -0.39 is 10.1 Å². The fourth-order valence-electron chi connectivity index (χ4n) is 2.40. The maximum absolute atomic E-state index is 12.6. The number of ether oxygens (including phenoxy) is 1. The van der Waals surface area contributed by atoms with Crippen molar-refractivity contribution in [1.82, 2.24) is 5.32 Å². The maximum Gasteiger partial charge on any atom is 0.339 e. The van der Waals surface area contributed by atoms with Gasteiger partial charge >= 0.3 is 10.1 Å². The van der Waals surface area contributed by atoms with Gasteiger partial charge < -0.3 is 14.2 Å². The van der Waals surface area contributed by atoms with Gasteiger partial charge in [-0.2, -0.15) is 13.5 Å². The molecule has 1 aliphatic rings. The van der Waals surface area contributed by atoms with Gasteiger partial charge in [-0.05, 0) is 50.2 Å². The molecule has 1 heterocycles. The molecule has 1 amide bonds. The lowest BCUT2D eigenvalue weighted by Crippen LogP contribution is -2.23. The molecule has 1 atom stereocenters. The molecule has 1 saturated heterocycles. The van der Waals surface area contributed by atoms with E-state index in [9.17, 15) is 13.2 Å². The molecule has 1 N–H and O–H groups in total. The number of hydrogen-bond acceptors (Lipinski definition) is 8. The molecule has 3 rings (SSSR count). The third-order valence-corrected chi connectivity index (χ3v) is 6.17. The molecular formula is C19H19N3O5S2. The number of amides is 1. The molecule has 1 fully saturated rings. The van der Waals surface area contributed by atoms with Crippen LogP contribution in [0.1, 0.15) is 18.1 Å². The maximum atomic E-state index is 12.6. The number of nitrogens with zero attached hydrogens (tertiary/aromatic N) is 2. The summed E-state index contributed by atoms with van der Waals surface area (Å²) in [7, 11) is -2.55. The summed E-state index contributed by atoms with van der Waals surface area (Å²) in [6, 6.07) is 10.9. The highest BCUT2D eigenvalue weighted by molar-refractivity contribution is 8.15. The Morgan fingerprint density at radius 1 is 1.17 bits per heavy atom. The smallest absolute Gasteiger partial charge is 0.339 e. The average molecular weight is 434 g/mol. The number of aryl methyl sites for hydroxylation is 1. The Balaban J connectivity index is 1.83. The number of nitrogens with one attached hydrogen (secondary N) is 1. The minimum atomic E-state index is -4.04. The molecule has 0 aliphatic carbocycles. The van der Waals surface area contributed by atoms with Gasteiger partial charge in [0.1, 0.15) is 10.6 Å². The van der Waals surface area contributed by atoms with E-state index in [0.29, 0.717) is 16.5 Å². The van der Waals surface area contributed by atoms with Crippen LogP contribution in [0.15, 0.2) is 57.6 Å². The predicted molar refractivity (Wildman–Crippen MR) is 112 cm³/mol. The van der Waals surface area contributed by atoms with Crippen LogP contribution >= 0.6 is 11.8 Å². The van der Waals surface area contributed by atoms with Gasteiger partial charge in [0.15, 0.2) is 10.9 Å². The fraction of sp³-hybridized carbons (Fsp3) is 0.211. The monoisotopic (exact) mass is 433 g/mol. The number of thioether (sulfide) groups is 1. The number of carbonyl (C=O) groups excluding carboxylic acids is 1. The Bertz CT molecular complexity index is 1080. The first-order valence-electron chi connectivity index (χ1n) is 8.56. The van der Waals surface area contributed by atoms with Crippen molar-refractivity contribution in [1.29, 1.82) is 0 Å². The summed E-state index contributed by atoms with van der Waals surface area (Å²) in [4.78, 5) is 11.5. The molecule has 2 aromatic rings. The Morgan fingerprint density at radius 3 is 2.52 bits per heavy atom. The van der Waals surface area contributed by atoms with Crippen LogP contribution in [0.25, 0.3) is 0 Å². The molecule has 0 spiro atoms. The van der Waals surface area contributed by atoms with Crippen LogP contribution in [-0.2, 0) is 14.9 Å². The van der Waals surface area contributed by atoms with E-state index in [1.54, 1.807) is 37.3 Å². The topological polar surface area (TPSA) is 106 Å². The summed E-state index contributed by atoms with van der Waals surface area (Å²) in [6.07, 6.45) is 1.38. The van der Waals surface area contributed by atoms with E-state index in [2.05, 4.69) is 15.5 Å². The number of hydrogen-bond donors (Lipinski definition) is 1. The Hall–Kier alpha value is -2.85. The lowest BCUT2D eigenvalue weighted by Gasteiger charge is -2.10. The highest BCUT2D eigenvalue weighted by Gasteiger charge is 2.25. The van der Waals surface area contributed by atoms with Gasteiger partial charge in [-0.1, -0.05) is 23.4 Å². The second-order valence-corrected chi connectivity index (χ2v) is 9.03. The quantitative estimate of drug-likeness (QED) is 0.426. The summed E-state index contributed by atoms with van der Waals surface area (Å²) in [6.45, 7) is 3.63. The van der Waals surface area contributed by atoms with Gasteiger partial charge in [0.2, 0.25) is 5.91 Å². The van der Waals surface area contributed by atoms with Gasteiger partial charge in [-0.3, -0.25) is 4.79 Å². The van der Waals surface area contributed by atoms with Crippen LogP contribution in [0.3, 0.4) is 0 Å².